The summed E-state index contributed by atoms with van der Waals surface area (Å²) in [5.41, 5.74) is 8.40. The largest absolute Gasteiger partial charge is 0.399 e. The summed E-state index contributed by atoms with van der Waals surface area (Å²) >= 11 is 12.1. The molecule has 1 aliphatic heterocycles. The molecule has 0 spiro atoms. The first-order valence-corrected chi connectivity index (χ1v) is 9.64. The van der Waals surface area contributed by atoms with E-state index in [0.29, 0.717) is 35.3 Å². The van der Waals surface area contributed by atoms with Gasteiger partial charge < -0.3 is 15.8 Å². The second-order valence-corrected chi connectivity index (χ2v) is 7.51. The zero-order valence-corrected chi connectivity index (χ0v) is 16.5. The van der Waals surface area contributed by atoms with E-state index in [1.165, 1.54) is 0 Å². The fourth-order valence-electron chi connectivity index (χ4n) is 3.05. The molecule has 1 aliphatic rings. The van der Waals surface area contributed by atoms with E-state index < -0.39 is 0 Å². The Morgan fingerprint density at radius 2 is 1.89 bits per heavy atom. The zero-order valence-electron chi connectivity index (χ0n) is 15.0. The Hall–Kier alpha value is -1.79. The highest BCUT2D eigenvalue weighted by atomic mass is 35.5. The number of nitrogen functional groups attached to an aromatic ring is 1. The van der Waals surface area contributed by atoms with Crippen LogP contribution in [0.5, 0.6) is 0 Å². The molecule has 1 saturated heterocycles. The number of rotatable bonds is 6. The van der Waals surface area contributed by atoms with Crippen LogP contribution >= 0.6 is 23.2 Å². The van der Waals surface area contributed by atoms with E-state index in [9.17, 15) is 4.79 Å². The third kappa shape index (κ3) is 6.11. The van der Waals surface area contributed by atoms with Crippen molar-refractivity contribution in [3.8, 4) is 0 Å². The maximum absolute atomic E-state index is 12.1. The Bertz CT molecular complexity index is 783. The molecule has 0 aromatic heterocycles. The Morgan fingerprint density at radius 3 is 2.63 bits per heavy atom. The van der Waals surface area contributed by atoms with Gasteiger partial charge in [-0.2, -0.15) is 0 Å². The normalized spacial score (nSPS) is 17.6. The lowest BCUT2D eigenvalue weighted by Crippen LogP contribution is -2.47. The number of amides is 1. The molecule has 3 N–H and O–H groups in total. The fraction of sp³-hybridized carbons (Fsp3) is 0.350. The lowest BCUT2D eigenvalue weighted by molar-refractivity contribution is -0.121. The summed E-state index contributed by atoms with van der Waals surface area (Å²) in [5, 5.41) is 4.08. The number of nitrogens with one attached hydrogen (secondary N) is 1. The molecule has 0 aliphatic carbocycles. The van der Waals surface area contributed by atoms with Crippen LogP contribution in [0.3, 0.4) is 0 Å². The average Bonchev–Trinajstić information content (AvgIpc) is 2.65. The highest BCUT2D eigenvalue weighted by Crippen LogP contribution is 2.23. The number of nitrogens with zero attached hydrogens (tertiary/aromatic N) is 1. The van der Waals surface area contributed by atoms with Crippen LogP contribution in [0, 0.1) is 0 Å². The number of benzene rings is 2. The van der Waals surface area contributed by atoms with Gasteiger partial charge in [-0.15, -0.1) is 0 Å². The third-order valence-corrected chi connectivity index (χ3v) is 5.22. The highest BCUT2D eigenvalue weighted by Gasteiger charge is 2.21. The number of ether oxygens (including phenoxy) is 1. The van der Waals surface area contributed by atoms with Crippen LogP contribution in [0.4, 0.5) is 5.69 Å². The van der Waals surface area contributed by atoms with E-state index in [-0.39, 0.29) is 12.0 Å². The number of hydrogen-bond acceptors (Lipinski definition) is 4. The molecule has 1 fully saturated rings. The van der Waals surface area contributed by atoms with E-state index in [2.05, 4.69) is 10.2 Å². The van der Waals surface area contributed by atoms with E-state index in [1.54, 1.807) is 12.1 Å². The molecule has 144 valence electrons. The van der Waals surface area contributed by atoms with Crippen LogP contribution in [-0.2, 0) is 22.5 Å². The lowest BCUT2D eigenvalue weighted by atomic mass is 10.1. The second kappa shape index (κ2) is 9.42. The first-order valence-electron chi connectivity index (χ1n) is 8.88. The van der Waals surface area contributed by atoms with Crippen LogP contribution in [0.25, 0.3) is 0 Å². The molecule has 0 bridgehead atoms. The van der Waals surface area contributed by atoms with Crippen LogP contribution in [0.2, 0.25) is 10.0 Å². The third-order valence-electron chi connectivity index (χ3n) is 4.48. The van der Waals surface area contributed by atoms with E-state index >= 15 is 0 Å². The van der Waals surface area contributed by atoms with Crippen molar-refractivity contribution < 1.29 is 9.53 Å². The molecule has 5 nitrogen and oxygen atoms in total. The summed E-state index contributed by atoms with van der Waals surface area (Å²) in [7, 11) is 0. The molecule has 1 amide bonds. The number of morpholine rings is 1. The summed E-state index contributed by atoms with van der Waals surface area (Å²) < 4.78 is 5.78. The van der Waals surface area contributed by atoms with Gasteiger partial charge in [-0.1, -0.05) is 41.4 Å². The van der Waals surface area contributed by atoms with Gasteiger partial charge in [0.05, 0.1) is 29.2 Å². The van der Waals surface area contributed by atoms with Crippen LogP contribution in [0.15, 0.2) is 42.5 Å². The second-order valence-electron chi connectivity index (χ2n) is 6.70. The van der Waals surface area contributed by atoms with Crippen molar-refractivity contribution in [2.45, 2.75) is 19.1 Å². The Morgan fingerprint density at radius 1 is 1.15 bits per heavy atom. The summed E-state index contributed by atoms with van der Waals surface area (Å²) in [6.45, 7) is 3.50. The number of carbonyl (C=O) groups excluding carboxylic acids is 1. The van der Waals surface area contributed by atoms with Gasteiger partial charge in [0.1, 0.15) is 0 Å². The molecule has 1 heterocycles. The summed E-state index contributed by atoms with van der Waals surface area (Å²) in [4.78, 5) is 14.4. The SMILES string of the molecule is Nc1ccc(CC(=O)NCC2CN(Cc3ccc(Cl)c(Cl)c3)CCO2)cc1. The average molecular weight is 408 g/mol. The molecule has 27 heavy (non-hydrogen) atoms. The minimum atomic E-state index is -0.0307. The van der Waals surface area contributed by atoms with Gasteiger partial charge in [0.15, 0.2) is 0 Å². The molecule has 2 aromatic carbocycles. The monoisotopic (exact) mass is 407 g/mol. The molecule has 1 atom stereocenters. The quantitative estimate of drug-likeness (QED) is 0.721. The van der Waals surface area contributed by atoms with Crippen molar-refractivity contribution in [2.24, 2.45) is 0 Å². The van der Waals surface area contributed by atoms with Crippen molar-refractivity contribution in [2.75, 3.05) is 32.0 Å². The number of halogens is 2. The summed E-state index contributed by atoms with van der Waals surface area (Å²) in [5.74, 6) is -0.0232. The molecule has 0 radical (unpaired) electrons. The smallest absolute Gasteiger partial charge is 0.224 e. The van der Waals surface area contributed by atoms with Crippen molar-refractivity contribution >= 4 is 34.8 Å². The van der Waals surface area contributed by atoms with Gasteiger partial charge >= 0.3 is 0 Å². The van der Waals surface area contributed by atoms with Gasteiger partial charge in [0.25, 0.3) is 0 Å². The van der Waals surface area contributed by atoms with Crippen molar-refractivity contribution in [3.63, 3.8) is 0 Å². The van der Waals surface area contributed by atoms with Crippen molar-refractivity contribution in [3.05, 3.63) is 63.6 Å². The van der Waals surface area contributed by atoms with Gasteiger partial charge in [-0.25, -0.2) is 0 Å². The summed E-state index contributed by atoms with van der Waals surface area (Å²) in [6.07, 6.45) is 0.303. The molecule has 3 rings (SSSR count). The van der Waals surface area contributed by atoms with Crippen LogP contribution < -0.4 is 11.1 Å². The highest BCUT2D eigenvalue weighted by molar-refractivity contribution is 6.42. The van der Waals surface area contributed by atoms with Gasteiger partial charge in [0.2, 0.25) is 5.91 Å². The van der Waals surface area contributed by atoms with Gasteiger partial charge in [-0.3, -0.25) is 9.69 Å². The Balaban J connectivity index is 1.45. The predicted octanol–water partition coefficient (Wildman–Crippen LogP) is 3.14. The van der Waals surface area contributed by atoms with Crippen molar-refractivity contribution in [1.82, 2.24) is 10.2 Å². The van der Waals surface area contributed by atoms with E-state index in [1.807, 2.05) is 30.3 Å². The molecular formula is C20H23Cl2N3O2. The van der Waals surface area contributed by atoms with E-state index in [4.69, 9.17) is 33.7 Å². The van der Waals surface area contributed by atoms with E-state index in [0.717, 1.165) is 30.8 Å². The van der Waals surface area contributed by atoms with Crippen LogP contribution in [0.1, 0.15) is 11.1 Å². The topological polar surface area (TPSA) is 67.6 Å². The lowest BCUT2D eigenvalue weighted by Gasteiger charge is -2.33. The number of hydrogen-bond donors (Lipinski definition) is 2. The summed E-state index contributed by atoms with van der Waals surface area (Å²) in [6, 6.07) is 13.0. The van der Waals surface area contributed by atoms with Gasteiger partial charge in [-0.05, 0) is 35.4 Å². The molecule has 1 unspecified atom stereocenters. The van der Waals surface area contributed by atoms with Crippen LogP contribution in [-0.4, -0.2) is 43.2 Å². The zero-order chi connectivity index (χ0) is 19.2. The first kappa shape index (κ1) is 20.0. The maximum Gasteiger partial charge on any atom is 0.224 e. The maximum atomic E-state index is 12.1. The Kier molecular flexibility index (Phi) is 6.96. The number of carbonyl (C=O) groups is 1. The minimum Gasteiger partial charge on any atom is -0.399 e. The molecular weight excluding hydrogens is 385 g/mol. The Labute approximate surface area is 169 Å². The molecule has 7 heteroatoms. The first-order chi connectivity index (χ1) is 13.0. The predicted molar refractivity (Wildman–Crippen MR) is 109 cm³/mol. The molecule has 2 aromatic rings. The fourth-order valence-corrected chi connectivity index (χ4v) is 3.38. The minimum absolute atomic E-state index is 0.0232. The standard InChI is InChI=1S/C20H23Cl2N3O2/c21-18-6-3-15(9-19(18)22)12-25-7-8-27-17(13-25)11-24-20(26)10-14-1-4-16(23)5-2-14/h1-6,9,17H,7-8,10-13,23H2,(H,24,26). The molecule has 0 saturated carbocycles. The van der Waals surface area contributed by atoms with Gasteiger partial charge in [0, 0.05) is 31.9 Å². The van der Waals surface area contributed by atoms with Crippen molar-refractivity contribution in [1.29, 1.82) is 0 Å². The number of nitrogens with two attached hydrogens (primary N) is 1. The number of anilines is 1.